The third-order valence-corrected chi connectivity index (χ3v) is 3.82. The number of aryl methyl sites for hydroxylation is 1. The molecule has 0 radical (unpaired) electrons. The monoisotopic (exact) mass is 308 g/mol. The zero-order valence-corrected chi connectivity index (χ0v) is 12.8. The van der Waals surface area contributed by atoms with E-state index in [0.29, 0.717) is 6.54 Å². The summed E-state index contributed by atoms with van der Waals surface area (Å²) in [5, 5.41) is 4.35. The third-order valence-electron chi connectivity index (χ3n) is 3.82. The van der Waals surface area contributed by atoms with E-state index >= 15 is 0 Å². The van der Waals surface area contributed by atoms with Gasteiger partial charge >= 0.3 is 0 Å². The Balaban J connectivity index is 1.64. The molecule has 0 amide bonds. The second kappa shape index (κ2) is 5.72. The van der Waals surface area contributed by atoms with Crippen LogP contribution in [0.5, 0.6) is 11.5 Å². The van der Waals surface area contributed by atoms with Gasteiger partial charge in [-0.05, 0) is 36.2 Å². The maximum Gasteiger partial charge on any atom is 0.231 e. The Morgan fingerprint density at radius 3 is 2.91 bits per heavy atom. The summed E-state index contributed by atoms with van der Waals surface area (Å²) in [4.78, 5) is 8.73. The minimum atomic E-state index is 0.282. The first-order valence-corrected chi connectivity index (χ1v) is 7.55. The van der Waals surface area contributed by atoms with Crippen LogP contribution in [0.3, 0.4) is 0 Å². The van der Waals surface area contributed by atoms with Gasteiger partial charge in [0.05, 0.1) is 6.54 Å². The summed E-state index contributed by atoms with van der Waals surface area (Å²) in [5.41, 5.74) is 3.15. The van der Waals surface area contributed by atoms with Gasteiger partial charge in [0.15, 0.2) is 17.3 Å². The predicted octanol–water partition coefficient (Wildman–Crippen LogP) is 2.68. The molecule has 0 N–H and O–H groups in total. The highest BCUT2D eigenvalue weighted by atomic mass is 16.7. The van der Waals surface area contributed by atoms with Crippen molar-refractivity contribution in [3.63, 3.8) is 0 Å². The summed E-state index contributed by atoms with van der Waals surface area (Å²) in [6.07, 6.45) is 4.28. The molecule has 2 aromatic heterocycles. The normalized spacial score (nSPS) is 12.6. The molecule has 0 unspecified atom stereocenters. The number of nitrogens with zero attached hydrogens (tertiary/aromatic N) is 4. The first-order valence-electron chi connectivity index (χ1n) is 7.55. The molecule has 0 atom stereocenters. The van der Waals surface area contributed by atoms with Gasteiger partial charge in [0, 0.05) is 17.5 Å². The van der Waals surface area contributed by atoms with E-state index in [1.807, 2.05) is 35.1 Å². The Bertz CT molecular complexity index is 844. The van der Waals surface area contributed by atoms with E-state index in [2.05, 4.69) is 28.1 Å². The zero-order chi connectivity index (χ0) is 15.6. The molecule has 0 saturated carbocycles. The summed E-state index contributed by atoms with van der Waals surface area (Å²) < 4.78 is 12.7. The van der Waals surface area contributed by atoms with Gasteiger partial charge in [-0.3, -0.25) is 4.98 Å². The van der Waals surface area contributed by atoms with E-state index in [4.69, 9.17) is 9.47 Å². The van der Waals surface area contributed by atoms with Crippen molar-refractivity contribution in [1.82, 2.24) is 19.7 Å². The van der Waals surface area contributed by atoms with Crippen molar-refractivity contribution in [1.29, 1.82) is 0 Å². The molecule has 0 saturated heterocycles. The molecule has 1 aliphatic heterocycles. The SMILES string of the molecule is CCc1cc(-c2ncnn2Cc2ccc3c(c2)OCO3)ccn1. The lowest BCUT2D eigenvalue weighted by molar-refractivity contribution is 0.174. The highest BCUT2D eigenvalue weighted by Gasteiger charge is 2.14. The molecule has 1 aromatic carbocycles. The van der Waals surface area contributed by atoms with Crippen molar-refractivity contribution >= 4 is 0 Å². The van der Waals surface area contributed by atoms with Crippen LogP contribution in [-0.4, -0.2) is 26.5 Å². The second-order valence-corrected chi connectivity index (χ2v) is 5.32. The number of pyridine rings is 1. The molecule has 6 heteroatoms. The molecule has 0 aliphatic carbocycles. The van der Waals surface area contributed by atoms with Crippen LogP contribution < -0.4 is 9.47 Å². The Kier molecular flexibility index (Phi) is 3.42. The van der Waals surface area contributed by atoms with Crippen molar-refractivity contribution in [3.8, 4) is 22.9 Å². The van der Waals surface area contributed by atoms with Crippen LogP contribution in [0.2, 0.25) is 0 Å². The Morgan fingerprint density at radius 2 is 2.00 bits per heavy atom. The molecule has 0 bridgehead atoms. The average Bonchev–Trinajstić information content (AvgIpc) is 3.23. The van der Waals surface area contributed by atoms with Crippen molar-refractivity contribution in [3.05, 3.63) is 54.1 Å². The number of aromatic nitrogens is 4. The van der Waals surface area contributed by atoms with Crippen LogP contribution in [0.4, 0.5) is 0 Å². The second-order valence-electron chi connectivity index (χ2n) is 5.32. The fourth-order valence-corrected chi connectivity index (χ4v) is 2.63. The Labute approximate surface area is 133 Å². The largest absolute Gasteiger partial charge is 0.454 e. The number of hydrogen-bond donors (Lipinski definition) is 0. The fraction of sp³-hybridized carbons (Fsp3) is 0.235. The molecule has 6 nitrogen and oxygen atoms in total. The molecule has 116 valence electrons. The van der Waals surface area contributed by atoms with Gasteiger partial charge in [0.2, 0.25) is 6.79 Å². The molecule has 4 rings (SSSR count). The highest BCUT2D eigenvalue weighted by Crippen LogP contribution is 2.32. The molecule has 23 heavy (non-hydrogen) atoms. The summed E-state index contributed by atoms with van der Waals surface area (Å²) in [6.45, 7) is 2.99. The first kappa shape index (κ1) is 13.8. The topological polar surface area (TPSA) is 62.1 Å². The highest BCUT2D eigenvalue weighted by molar-refractivity contribution is 5.55. The first-order chi connectivity index (χ1) is 11.3. The van der Waals surface area contributed by atoms with Gasteiger partial charge in [-0.25, -0.2) is 9.67 Å². The number of ether oxygens (including phenoxy) is 2. The van der Waals surface area contributed by atoms with Gasteiger partial charge in [0.1, 0.15) is 6.33 Å². The van der Waals surface area contributed by atoms with Crippen LogP contribution in [0.15, 0.2) is 42.9 Å². The van der Waals surface area contributed by atoms with E-state index in [1.54, 1.807) is 6.33 Å². The predicted molar refractivity (Wildman–Crippen MR) is 84.3 cm³/mol. The van der Waals surface area contributed by atoms with E-state index in [0.717, 1.165) is 40.6 Å². The summed E-state index contributed by atoms with van der Waals surface area (Å²) in [7, 11) is 0. The van der Waals surface area contributed by atoms with Crippen molar-refractivity contribution in [2.45, 2.75) is 19.9 Å². The number of hydrogen-bond acceptors (Lipinski definition) is 5. The molecular weight excluding hydrogens is 292 g/mol. The van der Waals surface area contributed by atoms with Gasteiger partial charge in [-0.2, -0.15) is 5.10 Å². The van der Waals surface area contributed by atoms with Crippen LogP contribution in [0.25, 0.3) is 11.4 Å². The summed E-state index contributed by atoms with van der Waals surface area (Å²) >= 11 is 0. The van der Waals surface area contributed by atoms with Crippen molar-refractivity contribution in [2.24, 2.45) is 0 Å². The van der Waals surface area contributed by atoms with Crippen LogP contribution >= 0.6 is 0 Å². The summed E-state index contributed by atoms with van der Waals surface area (Å²) in [6, 6.07) is 9.94. The average molecular weight is 308 g/mol. The molecule has 3 aromatic rings. The van der Waals surface area contributed by atoms with Crippen molar-refractivity contribution < 1.29 is 9.47 Å². The molecule has 0 spiro atoms. The van der Waals surface area contributed by atoms with Gasteiger partial charge in [-0.15, -0.1) is 0 Å². The van der Waals surface area contributed by atoms with E-state index in [1.165, 1.54) is 0 Å². The molecular formula is C17H16N4O2. The van der Waals surface area contributed by atoms with Crippen LogP contribution in [0.1, 0.15) is 18.2 Å². The van der Waals surface area contributed by atoms with E-state index < -0.39 is 0 Å². The summed E-state index contributed by atoms with van der Waals surface area (Å²) in [5.74, 6) is 2.40. The minimum absolute atomic E-state index is 0.282. The van der Waals surface area contributed by atoms with Crippen molar-refractivity contribution in [2.75, 3.05) is 6.79 Å². The Hall–Kier alpha value is -2.89. The lowest BCUT2D eigenvalue weighted by Gasteiger charge is -2.08. The lowest BCUT2D eigenvalue weighted by atomic mass is 10.1. The number of benzene rings is 1. The smallest absolute Gasteiger partial charge is 0.231 e. The lowest BCUT2D eigenvalue weighted by Crippen LogP contribution is -2.04. The standard InChI is InChI=1S/C17H16N4O2/c1-2-14-8-13(5-6-18-14)17-19-10-20-21(17)9-12-3-4-15-16(7-12)23-11-22-15/h3-8,10H,2,9,11H2,1H3. The maximum atomic E-state index is 5.43. The van der Waals surface area contributed by atoms with Crippen LogP contribution in [0, 0.1) is 0 Å². The minimum Gasteiger partial charge on any atom is -0.454 e. The third kappa shape index (κ3) is 2.63. The fourth-order valence-electron chi connectivity index (χ4n) is 2.63. The zero-order valence-electron chi connectivity index (χ0n) is 12.8. The van der Waals surface area contributed by atoms with Crippen LogP contribution in [-0.2, 0) is 13.0 Å². The molecule has 3 heterocycles. The molecule has 0 fully saturated rings. The van der Waals surface area contributed by atoms with E-state index in [9.17, 15) is 0 Å². The van der Waals surface area contributed by atoms with Gasteiger partial charge < -0.3 is 9.47 Å². The molecule has 1 aliphatic rings. The van der Waals surface area contributed by atoms with Gasteiger partial charge in [-0.1, -0.05) is 13.0 Å². The van der Waals surface area contributed by atoms with E-state index in [-0.39, 0.29) is 6.79 Å². The number of fused-ring (bicyclic) bond motifs is 1. The number of rotatable bonds is 4. The quantitative estimate of drug-likeness (QED) is 0.741. The van der Waals surface area contributed by atoms with Gasteiger partial charge in [0.25, 0.3) is 0 Å². The Morgan fingerprint density at radius 1 is 1.09 bits per heavy atom. The maximum absolute atomic E-state index is 5.43.